The zero-order valence-corrected chi connectivity index (χ0v) is 8.68. The van der Waals surface area contributed by atoms with Gasteiger partial charge in [0.05, 0.1) is 5.25 Å². The molecule has 12 heavy (non-hydrogen) atoms. The van der Waals surface area contributed by atoms with Crippen LogP contribution >= 0.6 is 12.6 Å². The van der Waals surface area contributed by atoms with Crippen LogP contribution in [-0.2, 0) is 4.79 Å². The Morgan fingerprint density at radius 3 is 2.25 bits per heavy atom. The number of amides is 1. The van der Waals surface area contributed by atoms with Crippen molar-refractivity contribution in [2.24, 2.45) is 5.92 Å². The van der Waals surface area contributed by atoms with Gasteiger partial charge in [-0.2, -0.15) is 12.6 Å². The van der Waals surface area contributed by atoms with Crippen molar-refractivity contribution >= 4 is 18.5 Å². The van der Waals surface area contributed by atoms with E-state index in [-0.39, 0.29) is 11.2 Å². The molecule has 0 aromatic carbocycles. The van der Waals surface area contributed by atoms with E-state index >= 15 is 0 Å². The number of likely N-dealkylation sites (tertiary alicyclic amines) is 1. The monoisotopic (exact) mass is 187 g/mol. The Kier molecular flexibility index (Phi) is 3.44. The Bertz CT molecular complexity index is 160. The molecular weight excluding hydrogens is 170 g/mol. The van der Waals surface area contributed by atoms with E-state index in [4.69, 9.17) is 0 Å². The molecule has 0 aromatic rings. The van der Waals surface area contributed by atoms with Crippen LogP contribution in [0, 0.1) is 5.92 Å². The third-order valence-corrected chi connectivity index (χ3v) is 3.12. The Morgan fingerprint density at radius 1 is 1.33 bits per heavy atom. The van der Waals surface area contributed by atoms with Gasteiger partial charge in [-0.15, -0.1) is 0 Å². The summed E-state index contributed by atoms with van der Waals surface area (Å²) < 4.78 is 0. The first-order valence-corrected chi connectivity index (χ1v) is 5.11. The van der Waals surface area contributed by atoms with Gasteiger partial charge in [0.15, 0.2) is 0 Å². The molecule has 0 spiro atoms. The second kappa shape index (κ2) is 4.17. The van der Waals surface area contributed by atoms with E-state index in [1.807, 2.05) is 18.7 Å². The van der Waals surface area contributed by atoms with Gasteiger partial charge in [0.1, 0.15) is 0 Å². The standard InChI is InChI=1S/C9H17NOS/c1-7(2)8(12)9(11)10-5-3-4-6-10/h7-8,12H,3-6H2,1-2H3. The number of carbonyl (C=O) groups excluding carboxylic acids is 1. The maximum absolute atomic E-state index is 11.6. The molecule has 0 N–H and O–H groups in total. The first-order chi connectivity index (χ1) is 5.63. The molecule has 1 aliphatic rings. The number of thiol groups is 1. The van der Waals surface area contributed by atoms with E-state index in [1.54, 1.807) is 0 Å². The van der Waals surface area contributed by atoms with Gasteiger partial charge >= 0.3 is 0 Å². The maximum atomic E-state index is 11.6. The summed E-state index contributed by atoms with van der Waals surface area (Å²) in [7, 11) is 0. The van der Waals surface area contributed by atoms with Crippen molar-refractivity contribution in [1.29, 1.82) is 0 Å². The molecule has 1 atom stereocenters. The van der Waals surface area contributed by atoms with Crippen molar-refractivity contribution in [3.63, 3.8) is 0 Å². The fourth-order valence-electron chi connectivity index (χ4n) is 1.41. The topological polar surface area (TPSA) is 20.3 Å². The molecule has 1 fully saturated rings. The molecule has 0 radical (unpaired) electrons. The van der Waals surface area contributed by atoms with E-state index in [9.17, 15) is 4.79 Å². The Labute approximate surface area is 79.7 Å². The highest BCUT2D eigenvalue weighted by atomic mass is 32.1. The van der Waals surface area contributed by atoms with Crippen LogP contribution in [0.5, 0.6) is 0 Å². The number of hydrogen-bond donors (Lipinski definition) is 1. The average molecular weight is 187 g/mol. The van der Waals surface area contributed by atoms with Crippen LogP contribution in [0.25, 0.3) is 0 Å². The minimum absolute atomic E-state index is 0.108. The summed E-state index contributed by atoms with van der Waals surface area (Å²) in [5.74, 6) is 0.548. The van der Waals surface area contributed by atoms with Crippen molar-refractivity contribution < 1.29 is 4.79 Å². The lowest BCUT2D eigenvalue weighted by atomic mass is 10.1. The number of carbonyl (C=O) groups is 1. The van der Waals surface area contributed by atoms with Crippen LogP contribution in [0.1, 0.15) is 26.7 Å². The molecule has 2 nitrogen and oxygen atoms in total. The van der Waals surface area contributed by atoms with Gasteiger partial charge in [-0.3, -0.25) is 4.79 Å². The lowest BCUT2D eigenvalue weighted by molar-refractivity contribution is -0.130. The third kappa shape index (κ3) is 2.16. The van der Waals surface area contributed by atoms with Gasteiger partial charge in [0, 0.05) is 13.1 Å². The average Bonchev–Trinajstić information content (AvgIpc) is 2.53. The molecule has 1 aliphatic heterocycles. The van der Waals surface area contributed by atoms with E-state index in [0.717, 1.165) is 25.9 Å². The Hall–Kier alpha value is -0.180. The van der Waals surface area contributed by atoms with Gasteiger partial charge in [0.25, 0.3) is 0 Å². The molecule has 0 saturated carbocycles. The van der Waals surface area contributed by atoms with E-state index in [1.165, 1.54) is 0 Å². The zero-order chi connectivity index (χ0) is 9.14. The first kappa shape index (κ1) is 9.90. The molecule has 0 aromatic heterocycles. The van der Waals surface area contributed by atoms with Crippen molar-refractivity contribution in [1.82, 2.24) is 4.90 Å². The van der Waals surface area contributed by atoms with Crippen molar-refractivity contribution in [2.45, 2.75) is 31.9 Å². The molecule has 70 valence electrons. The van der Waals surface area contributed by atoms with E-state index < -0.39 is 0 Å². The lowest BCUT2D eigenvalue weighted by Crippen LogP contribution is -2.36. The van der Waals surface area contributed by atoms with Crippen LogP contribution in [-0.4, -0.2) is 29.1 Å². The summed E-state index contributed by atoms with van der Waals surface area (Å²) in [5, 5.41) is -0.108. The van der Waals surface area contributed by atoms with Gasteiger partial charge in [0.2, 0.25) is 5.91 Å². The molecule has 0 bridgehead atoms. The zero-order valence-electron chi connectivity index (χ0n) is 7.79. The molecule has 1 heterocycles. The summed E-state index contributed by atoms with van der Waals surface area (Å²) in [6.07, 6.45) is 2.31. The Balaban J connectivity index is 2.45. The largest absolute Gasteiger partial charge is 0.342 e. The molecule has 0 aliphatic carbocycles. The predicted octanol–water partition coefficient (Wildman–Crippen LogP) is 1.56. The summed E-state index contributed by atoms with van der Waals surface area (Å²) in [6.45, 7) is 5.93. The minimum Gasteiger partial charge on any atom is -0.342 e. The number of nitrogens with zero attached hydrogens (tertiary/aromatic N) is 1. The van der Waals surface area contributed by atoms with Crippen LogP contribution in [0.4, 0.5) is 0 Å². The lowest BCUT2D eigenvalue weighted by Gasteiger charge is -2.21. The number of hydrogen-bond acceptors (Lipinski definition) is 2. The summed E-state index contributed by atoms with van der Waals surface area (Å²) in [4.78, 5) is 13.6. The van der Waals surface area contributed by atoms with Crippen LogP contribution in [0.2, 0.25) is 0 Å². The second-order valence-corrected chi connectivity index (χ2v) is 4.28. The van der Waals surface area contributed by atoms with Crippen LogP contribution < -0.4 is 0 Å². The Morgan fingerprint density at radius 2 is 1.83 bits per heavy atom. The molecule has 1 rings (SSSR count). The van der Waals surface area contributed by atoms with Gasteiger partial charge in [-0.25, -0.2) is 0 Å². The van der Waals surface area contributed by atoms with Crippen molar-refractivity contribution in [3.05, 3.63) is 0 Å². The predicted molar refractivity (Wildman–Crippen MR) is 53.4 cm³/mol. The molecule has 1 amide bonds. The van der Waals surface area contributed by atoms with Crippen molar-refractivity contribution in [2.75, 3.05) is 13.1 Å². The highest BCUT2D eigenvalue weighted by molar-refractivity contribution is 7.81. The summed E-state index contributed by atoms with van der Waals surface area (Å²) in [5.41, 5.74) is 0. The third-order valence-electron chi connectivity index (χ3n) is 2.30. The van der Waals surface area contributed by atoms with Gasteiger partial charge < -0.3 is 4.90 Å². The summed E-state index contributed by atoms with van der Waals surface area (Å²) in [6, 6.07) is 0. The maximum Gasteiger partial charge on any atom is 0.235 e. The molecule has 3 heteroatoms. The normalized spacial score (nSPS) is 20.2. The molecule has 1 unspecified atom stereocenters. The fourth-order valence-corrected chi connectivity index (χ4v) is 1.57. The second-order valence-electron chi connectivity index (χ2n) is 3.72. The highest BCUT2D eigenvalue weighted by Crippen LogP contribution is 2.16. The molecule has 1 saturated heterocycles. The first-order valence-electron chi connectivity index (χ1n) is 4.60. The van der Waals surface area contributed by atoms with Gasteiger partial charge in [-0.1, -0.05) is 13.8 Å². The number of rotatable bonds is 2. The fraction of sp³-hybridized carbons (Fsp3) is 0.889. The SMILES string of the molecule is CC(C)C(S)C(=O)N1CCCC1. The minimum atomic E-state index is -0.108. The van der Waals surface area contributed by atoms with E-state index in [0.29, 0.717) is 5.92 Å². The summed E-state index contributed by atoms with van der Waals surface area (Å²) >= 11 is 4.30. The quantitative estimate of drug-likeness (QED) is 0.651. The van der Waals surface area contributed by atoms with Crippen LogP contribution in [0.3, 0.4) is 0 Å². The van der Waals surface area contributed by atoms with Crippen molar-refractivity contribution in [3.8, 4) is 0 Å². The van der Waals surface area contributed by atoms with Crippen LogP contribution in [0.15, 0.2) is 0 Å². The molecular formula is C9H17NOS. The highest BCUT2D eigenvalue weighted by Gasteiger charge is 2.25. The smallest absolute Gasteiger partial charge is 0.235 e. The van der Waals surface area contributed by atoms with E-state index in [2.05, 4.69) is 12.6 Å². The van der Waals surface area contributed by atoms with Gasteiger partial charge in [-0.05, 0) is 18.8 Å².